The highest BCUT2D eigenvalue weighted by molar-refractivity contribution is 6.30. The summed E-state index contributed by atoms with van der Waals surface area (Å²) in [6.07, 6.45) is 0.446. The van der Waals surface area contributed by atoms with E-state index in [9.17, 15) is 14.4 Å². The van der Waals surface area contributed by atoms with E-state index in [1.54, 1.807) is 36.1 Å². The molecule has 0 fully saturated rings. The molecular weight excluding hydrogens is 424 g/mol. The number of amides is 1. The highest BCUT2D eigenvalue weighted by Gasteiger charge is 2.20. The fourth-order valence-electron chi connectivity index (χ4n) is 3.09. The van der Waals surface area contributed by atoms with Gasteiger partial charge in [0.05, 0.1) is 5.69 Å². The van der Waals surface area contributed by atoms with Gasteiger partial charge in [0.15, 0.2) is 5.69 Å². The number of carbonyl (C=O) groups excluding carboxylic acids is 1. The van der Waals surface area contributed by atoms with Gasteiger partial charge in [-0.25, -0.2) is 4.79 Å². The van der Waals surface area contributed by atoms with Crippen LogP contribution >= 0.6 is 11.6 Å². The van der Waals surface area contributed by atoms with Crippen LogP contribution < -0.4 is 11.2 Å². The fraction of sp³-hybridized carbons (Fsp3) is 0.400. The van der Waals surface area contributed by atoms with Crippen molar-refractivity contribution < 1.29 is 9.32 Å². The van der Waals surface area contributed by atoms with Crippen molar-refractivity contribution in [2.24, 2.45) is 0 Å². The Morgan fingerprint density at radius 3 is 2.42 bits per heavy atom. The number of halogens is 1. The predicted octanol–water partition coefficient (Wildman–Crippen LogP) is 1.92. The lowest BCUT2D eigenvalue weighted by molar-refractivity contribution is -0.130. The van der Waals surface area contributed by atoms with Crippen LogP contribution in [0.15, 0.2) is 38.4 Å². The van der Waals surface area contributed by atoms with Gasteiger partial charge in [0.25, 0.3) is 5.56 Å². The summed E-state index contributed by atoms with van der Waals surface area (Å²) < 4.78 is 7.34. The van der Waals surface area contributed by atoms with Gasteiger partial charge in [-0.15, -0.1) is 0 Å². The van der Waals surface area contributed by atoms with Crippen molar-refractivity contribution in [1.82, 2.24) is 29.4 Å². The highest BCUT2D eigenvalue weighted by Crippen LogP contribution is 2.14. The summed E-state index contributed by atoms with van der Waals surface area (Å²) in [6.45, 7) is 6.88. The van der Waals surface area contributed by atoms with Gasteiger partial charge in [0.1, 0.15) is 0 Å². The molecule has 31 heavy (non-hydrogen) atoms. The average molecular weight is 447 g/mol. The lowest BCUT2D eigenvalue weighted by Gasteiger charge is -2.17. The summed E-state index contributed by atoms with van der Waals surface area (Å²) in [5.41, 5.74) is -0.899. The fourth-order valence-corrected chi connectivity index (χ4v) is 3.21. The SMILES string of the molecule is CCN(CC)C(=O)CCc1nc(-c2nn(-c3ccc(Cl)cc3)c(=O)n(CC)c2=O)no1. The van der Waals surface area contributed by atoms with Crippen molar-refractivity contribution in [3.8, 4) is 17.2 Å². The molecule has 2 aromatic heterocycles. The van der Waals surface area contributed by atoms with E-state index in [1.807, 2.05) is 13.8 Å². The quantitative estimate of drug-likeness (QED) is 0.518. The zero-order chi connectivity index (χ0) is 22.5. The first-order valence-corrected chi connectivity index (χ1v) is 10.4. The lowest BCUT2D eigenvalue weighted by atomic mass is 10.2. The molecule has 0 atom stereocenters. The van der Waals surface area contributed by atoms with Crippen LogP contribution in [0, 0.1) is 0 Å². The van der Waals surface area contributed by atoms with Gasteiger partial charge in [0.2, 0.25) is 17.6 Å². The first-order valence-electron chi connectivity index (χ1n) is 10.00. The molecule has 2 heterocycles. The maximum atomic E-state index is 12.8. The van der Waals surface area contributed by atoms with Gasteiger partial charge < -0.3 is 9.42 Å². The van der Waals surface area contributed by atoms with E-state index in [0.717, 1.165) is 9.25 Å². The Labute approximate surface area is 183 Å². The molecule has 10 nitrogen and oxygen atoms in total. The minimum Gasteiger partial charge on any atom is -0.343 e. The number of aryl methyl sites for hydroxylation is 1. The van der Waals surface area contributed by atoms with Crippen LogP contribution in [0.25, 0.3) is 17.2 Å². The molecule has 0 radical (unpaired) electrons. The van der Waals surface area contributed by atoms with E-state index < -0.39 is 11.2 Å². The summed E-state index contributed by atoms with van der Waals surface area (Å²) in [6, 6.07) is 6.47. The average Bonchev–Trinajstić information content (AvgIpc) is 3.23. The van der Waals surface area contributed by atoms with E-state index in [1.165, 1.54) is 0 Å². The molecule has 0 spiro atoms. The monoisotopic (exact) mass is 446 g/mol. The summed E-state index contributed by atoms with van der Waals surface area (Å²) in [5, 5.41) is 8.53. The minimum atomic E-state index is -0.621. The molecule has 164 valence electrons. The van der Waals surface area contributed by atoms with Crippen molar-refractivity contribution in [2.75, 3.05) is 13.1 Å². The third kappa shape index (κ3) is 4.74. The molecular formula is C20H23ClN6O4. The molecule has 0 N–H and O–H groups in total. The maximum Gasteiger partial charge on any atom is 0.352 e. The number of hydrogen-bond acceptors (Lipinski definition) is 7. The number of carbonyl (C=O) groups is 1. The van der Waals surface area contributed by atoms with Gasteiger partial charge in [-0.3, -0.25) is 14.2 Å². The molecule has 0 bridgehead atoms. The third-order valence-electron chi connectivity index (χ3n) is 4.80. The summed E-state index contributed by atoms with van der Waals surface area (Å²) in [7, 11) is 0. The van der Waals surface area contributed by atoms with Crippen molar-refractivity contribution in [2.45, 2.75) is 40.2 Å². The van der Waals surface area contributed by atoms with E-state index in [4.69, 9.17) is 16.1 Å². The molecule has 1 amide bonds. The van der Waals surface area contributed by atoms with Crippen molar-refractivity contribution in [1.29, 1.82) is 0 Å². The topological polar surface area (TPSA) is 116 Å². The van der Waals surface area contributed by atoms with Crippen LogP contribution in [-0.2, 0) is 17.8 Å². The number of aromatic nitrogens is 5. The van der Waals surface area contributed by atoms with Crippen LogP contribution in [0.1, 0.15) is 33.1 Å². The lowest BCUT2D eigenvalue weighted by Crippen LogP contribution is -2.41. The summed E-state index contributed by atoms with van der Waals surface area (Å²) in [5.74, 6) is 0.150. The zero-order valence-electron chi connectivity index (χ0n) is 17.5. The summed E-state index contributed by atoms with van der Waals surface area (Å²) in [4.78, 5) is 43.6. The molecule has 3 rings (SSSR count). The van der Waals surface area contributed by atoms with Crippen LogP contribution in [0.2, 0.25) is 5.02 Å². The van der Waals surface area contributed by atoms with Crippen molar-refractivity contribution >= 4 is 17.5 Å². The molecule has 0 saturated carbocycles. The largest absolute Gasteiger partial charge is 0.352 e. The van der Waals surface area contributed by atoms with Crippen LogP contribution in [0.4, 0.5) is 0 Å². The van der Waals surface area contributed by atoms with Gasteiger partial charge in [-0.05, 0) is 45.0 Å². The Kier molecular flexibility index (Phi) is 7.01. The Morgan fingerprint density at radius 2 is 1.81 bits per heavy atom. The predicted molar refractivity (Wildman–Crippen MR) is 114 cm³/mol. The van der Waals surface area contributed by atoms with E-state index in [-0.39, 0.29) is 42.7 Å². The van der Waals surface area contributed by atoms with Gasteiger partial charge in [-0.2, -0.15) is 14.8 Å². The number of rotatable bonds is 8. The Hall–Kier alpha value is -3.27. The molecule has 0 aliphatic rings. The second-order valence-electron chi connectivity index (χ2n) is 6.65. The normalized spacial score (nSPS) is 11.0. The Bertz CT molecular complexity index is 1180. The smallest absolute Gasteiger partial charge is 0.343 e. The Morgan fingerprint density at radius 1 is 1.13 bits per heavy atom. The molecule has 11 heteroatoms. The Balaban J connectivity index is 1.95. The van der Waals surface area contributed by atoms with Crippen molar-refractivity contribution in [3.63, 3.8) is 0 Å². The first-order chi connectivity index (χ1) is 14.9. The molecule has 0 saturated heterocycles. The highest BCUT2D eigenvalue weighted by atomic mass is 35.5. The number of benzene rings is 1. The van der Waals surface area contributed by atoms with Crippen molar-refractivity contribution in [3.05, 3.63) is 56.0 Å². The summed E-state index contributed by atoms with van der Waals surface area (Å²) >= 11 is 5.92. The molecule has 0 unspecified atom stereocenters. The first kappa shape index (κ1) is 22.4. The third-order valence-corrected chi connectivity index (χ3v) is 5.05. The second kappa shape index (κ2) is 9.69. The van der Waals surface area contributed by atoms with Crippen LogP contribution in [-0.4, -0.2) is 48.4 Å². The molecule has 1 aromatic carbocycles. The number of hydrogen-bond donors (Lipinski definition) is 0. The standard InChI is InChI=1S/C20H23ClN6O4/c1-4-25(5-2)16(28)12-11-15-22-18(24-31-15)17-19(29)26(6-3)20(30)27(23-17)14-9-7-13(21)8-10-14/h7-10H,4-6,11-12H2,1-3H3. The molecule has 3 aromatic rings. The maximum absolute atomic E-state index is 12.8. The van der Waals surface area contributed by atoms with E-state index in [2.05, 4.69) is 15.2 Å². The van der Waals surface area contributed by atoms with Gasteiger partial charge in [0, 0.05) is 37.5 Å². The minimum absolute atomic E-state index is 0.0208. The van der Waals surface area contributed by atoms with Crippen LogP contribution in [0.5, 0.6) is 0 Å². The van der Waals surface area contributed by atoms with E-state index in [0.29, 0.717) is 23.8 Å². The van der Waals surface area contributed by atoms with E-state index >= 15 is 0 Å². The van der Waals surface area contributed by atoms with Gasteiger partial charge in [-0.1, -0.05) is 16.8 Å². The van der Waals surface area contributed by atoms with Crippen LogP contribution in [0.3, 0.4) is 0 Å². The zero-order valence-corrected chi connectivity index (χ0v) is 18.3. The van der Waals surface area contributed by atoms with Gasteiger partial charge >= 0.3 is 5.69 Å². The molecule has 0 aliphatic heterocycles. The number of nitrogens with zero attached hydrogens (tertiary/aromatic N) is 6. The second-order valence-corrected chi connectivity index (χ2v) is 7.08. The molecule has 0 aliphatic carbocycles.